The summed E-state index contributed by atoms with van der Waals surface area (Å²) in [6.07, 6.45) is 3.37. The second-order valence-electron chi connectivity index (χ2n) is 7.36. The third kappa shape index (κ3) is 6.41. The van der Waals surface area contributed by atoms with Crippen molar-refractivity contribution in [2.45, 2.75) is 39.3 Å². The number of aromatic amines is 1. The van der Waals surface area contributed by atoms with Gasteiger partial charge in [0.25, 0.3) is 0 Å². The van der Waals surface area contributed by atoms with Crippen molar-refractivity contribution < 1.29 is 4.79 Å². The largest absolute Gasteiger partial charge is 0.354 e. The fourth-order valence-corrected chi connectivity index (χ4v) is 3.36. The number of hydrogen-bond donors (Lipinski definition) is 3. The molecule has 3 rings (SSSR count). The first kappa shape index (κ1) is 23.1. The number of halogens is 1. The number of piperidine rings is 1. The number of guanidine groups is 1. The smallest absolute Gasteiger partial charge is 0.225 e. The van der Waals surface area contributed by atoms with Crippen molar-refractivity contribution in [1.29, 1.82) is 0 Å². The Labute approximate surface area is 189 Å². The summed E-state index contributed by atoms with van der Waals surface area (Å²) in [7, 11) is 1.78. The zero-order chi connectivity index (χ0) is 19.9. The molecule has 0 aliphatic carbocycles. The number of aromatic nitrogens is 3. The van der Waals surface area contributed by atoms with Gasteiger partial charge in [-0.25, -0.2) is 4.98 Å². The molecule has 1 aliphatic heterocycles. The summed E-state index contributed by atoms with van der Waals surface area (Å²) in [4.78, 5) is 22.6. The van der Waals surface area contributed by atoms with E-state index in [0.29, 0.717) is 12.6 Å². The van der Waals surface area contributed by atoms with Crippen LogP contribution in [0.15, 0.2) is 35.6 Å². The third-order valence-electron chi connectivity index (χ3n) is 4.94. The van der Waals surface area contributed by atoms with E-state index in [-0.39, 0.29) is 35.8 Å². The number of nitrogens with one attached hydrogen (secondary N) is 3. The van der Waals surface area contributed by atoms with Crippen molar-refractivity contribution >= 4 is 35.8 Å². The van der Waals surface area contributed by atoms with Gasteiger partial charge in [-0.15, -0.1) is 24.0 Å². The van der Waals surface area contributed by atoms with Gasteiger partial charge >= 0.3 is 0 Å². The second-order valence-corrected chi connectivity index (χ2v) is 7.36. The Morgan fingerprint density at radius 3 is 2.72 bits per heavy atom. The zero-order valence-corrected chi connectivity index (χ0v) is 19.5. The predicted molar refractivity (Wildman–Crippen MR) is 125 cm³/mol. The average Bonchev–Trinajstić information content (AvgIpc) is 3.26. The van der Waals surface area contributed by atoms with E-state index < -0.39 is 0 Å². The van der Waals surface area contributed by atoms with Crippen LogP contribution in [0.5, 0.6) is 0 Å². The number of carbonyl (C=O) groups excluding carboxylic acids is 1. The van der Waals surface area contributed by atoms with E-state index in [9.17, 15) is 4.79 Å². The second kappa shape index (κ2) is 11.1. The molecule has 0 bridgehead atoms. The molecule has 0 radical (unpaired) electrons. The Bertz CT molecular complexity index is 799. The van der Waals surface area contributed by atoms with E-state index in [1.54, 1.807) is 7.05 Å². The highest BCUT2D eigenvalue weighted by Crippen LogP contribution is 2.16. The molecular formula is C20H30IN7O. The highest BCUT2D eigenvalue weighted by atomic mass is 127. The average molecular weight is 511 g/mol. The number of carbonyl (C=O) groups is 1. The van der Waals surface area contributed by atoms with Gasteiger partial charge in [0.2, 0.25) is 5.91 Å². The van der Waals surface area contributed by atoms with Crippen LogP contribution in [-0.4, -0.2) is 58.1 Å². The normalized spacial score (nSPS) is 15.2. The highest BCUT2D eigenvalue weighted by molar-refractivity contribution is 14.0. The van der Waals surface area contributed by atoms with Crippen LogP contribution in [0.3, 0.4) is 0 Å². The van der Waals surface area contributed by atoms with E-state index in [1.165, 1.54) is 6.33 Å². The molecule has 2 heterocycles. The lowest BCUT2D eigenvalue weighted by Crippen LogP contribution is -2.50. The first-order valence-corrected chi connectivity index (χ1v) is 9.77. The third-order valence-corrected chi connectivity index (χ3v) is 4.94. The Kier molecular flexibility index (Phi) is 8.87. The van der Waals surface area contributed by atoms with E-state index in [4.69, 9.17) is 0 Å². The number of rotatable bonds is 5. The number of hydrogen-bond acceptors (Lipinski definition) is 4. The van der Waals surface area contributed by atoms with Gasteiger partial charge in [-0.3, -0.25) is 14.9 Å². The summed E-state index contributed by atoms with van der Waals surface area (Å²) in [5, 5.41) is 13.6. The van der Waals surface area contributed by atoms with Crippen molar-refractivity contribution in [2.24, 2.45) is 10.9 Å². The van der Waals surface area contributed by atoms with Gasteiger partial charge in [-0.05, 0) is 24.5 Å². The minimum atomic E-state index is 0. The van der Waals surface area contributed by atoms with Gasteiger partial charge in [-0.1, -0.05) is 32.0 Å². The van der Waals surface area contributed by atoms with Crippen LogP contribution in [0.2, 0.25) is 0 Å². The lowest BCUT2D eigenvalue weighted by atomic mass is 10.0. The molecular weight excluding hydrogens is 481 g/mol. The standard InChI is InChI=1S/C20H29N7O.HI/c1-14(2)19(28)27-9-7-17(8-10-27)25-20(21-3)22-12-15-5-4-6-16(11-15)18-23-13-24-26-18;/h4-6,11,13-14,17H,7-10,12H2,1-3H3,(H2,21,22,25)(H,23,24,26);1H. The lowest BCUT2D eigenvalue weighted by molar-refractivity contribution is -0.135. The molecule has 1 saturated heterocycles. The minimum absolute atomic E-state index is 0. The number of nitrogens with zero attached hydrogens (tertiary/aromatic N) is 4. The molecule has 0 unspecified atom stereocenters. The zero-order valence-electron chi connectivity index (χ0n) is 17.2. The summed E-state index contributed by atoms with van der Waals surface area (Å²) in [6, 6.07) is 8.48. The van der Waals surface area contributed by atoms with Crippen molar-refractivity contribution in [3.05, 3.63) is 36.2 Å². The molecule has 8 nitrogen and oxygen atoms in total. The topological polar surface area (TPSA) is 98.3 Å². The van der Waals surface area contributed by atoms with E-state index in [1.807, 2.05) is 30.9 Å². The molecule has 0 saturated carbocycles. The Morgan fingerprint density at radius 2 is 2.10 bits per heavy atom. The van der Waals surface area contributed by atoms with E-state index in [2.05, 4.69) is 42.9 Å². The van der Waals surface area contributed by atoms with Crippen LogP contribution in [0, 0.1) is 5.92 Å². The lowest BCUT2D eigenvalue weighted by Gasteiger charge is -2.34. The summed E-state index contributed by atoms with van der Waals surface area (Å²) in [6.45, 7) is 6.16. The van der Waals surface area contributed by atoms with Crippen molar-refractivity contribution in [2.75, 3.05) is 20.1 Å². The number of benzene rings is 1. The highest BCUT2D eigenvalue weighted by Gasteiger charge is 2.24. The van der Waals surface area contributed by atoms with Crippen LogP contribution >= 0.6 is 24.0 Å². The quantitative estimate of drug-likeness (QED) is 0.326. The summed E-state index contributed by atoms with van der Waals surface area (Å²) >= 11 is 0. The first-order chi connectivity index (χ1) is 13.6. The number of amides is 1. The molecule has 1 amide bonds. The maximum absolute atomic E-state index is 12.1. The van der Waals surface area contributed by atoms with Gasteiger partial charge in [0.1, 0.15) is 6.33 Å². The minimum Gasteiger partial charge on any atom is -0.354 e. The SMILES string of the molecule is CN=C(NCc1cccc(-c2ncn[nH]2)c1)NC1CCN(C(=O)C(C)C)CC1.I. The van der Waals surface area contributed by atoms with Crippen LogP contribution in [-0.2, 0) is 11.3 Å². The van der Waals surface area contributed by atoms with Crippen LogP contribution in [0.25, 0.3) is 11.4 Å². The molecule has 29 heavy (non-hydrogen) atoms. The fraction of sp³-hybridized carbons (Fsp3) is 0.500. The monoisotopic (exact) mass is 511 g/mol. The van der Waals surface area contributed by atoms with Crippen LogP contribution in [0.4, 0.5) is 0 Å². The van der Waals surface area contributed by atoms with Crippen molar-refractivity contribution in [3.63, 3.8) is 0 Å². The van der Waals surface area contributed by atoms with Crippen LogP contribution < -0.4 is 10.6 Å². The Balaban J connectivity index is 0.00000300. The Hall–Kier alpha value is -2.17. The number of H-pyrrole nitrogens is 1. The predicted octanol–water partition coefficient (Wildman–Crippen LogP) is 2.40. The summed E-state index contributed by atoms with van der Waals surface area (Å²) in [5.41, 5.74) is 2.14. The molecule has 9 heteroatoms. The van der Waals surface area contributed by atoms with Crippen molar-refractivity contribution in [3.8, 4) is 11.4 Å². The molecule has 3 N–H and O–H groups in total. The molecule has 0 atom stereocenters. The maximum atomic E-state index is 12.1. The Morgan fingerprint density at radius 1 is 1.34 bits per heavy atom. The molecule has 1 aliphatic rings. The maximum Gasteiger partial charge on any atom is 0.225 e. The summed E-state index contributed by atoms with van der Waals surface area (Å²) < 4.78 is 0. The van der Waals surface area contributed by atoms with Gasteiger partial charge in [0.15, 0.2) is 11.8 Å². The van der Waals surface area contributed by atoms with Gasteiger partial charge in [0, 0.05) is 44.2 Å². The molecule has 1 aromatic heterocycles. The molecule has 0 spiro atoms. The molecule has 1 fully saturated rings. The van der Waals surface area contributed by atoms with Crippen LogP contribution in [0.1, 0.15) is 32.3 Å². The number of likely N-dealkylation sites (tertiary alicyclic amines) is 1. The molecule has 2 aromatic rings. The van der Waals surface area contributed by atoms with Crippen molar-refractivity contribution in [1.82, 2.24) is 30.7 Å². The van der Waals surface area contributed by atoms with E-state index in [0.717, 1.165) is 48.8 Å². The molecule has 1 aromatic carbocycles. The molecule has 158 valence electrons. The van der Waals surface area contributed by atoms with Gasteiger partial charge in [-0.2, -0.15) is 5.10 Å². The van der Waals surface area contributed by atoms with Gasteiger partial charge in [0.05, 0.1) is 0 Å². The summed E-state index contributed by atoms with van der Waals surface area (Å²) in [5.74, 6) is 1.84. The fourth-order valence-electron chi connectivity index (χ4n) is 3.36. The van der Waals surface area contributed by atoms with E-state index >= 15 is 0 Å². The number of aliphatic imine (C=N–C) groups is 1. The first-order valence-electron chi connectivity index (χ1n) is 9.77. The van der Waals surface area contributed by atoms with Gasteiger partial charge < -0.3 is 15.5 Å².